The van der Waals surface area contributed by atoms with Gasteiger partial charge in [-0.15, -0.1) is 0 Å². The van der Waals surface area contributed by atoms with Crippen LogP contribution in [0.3, 0.4) is 0 Å². The van der Waals surface area contributed by atoms with Crippen LogP contribution in [-0.2, 0) is 0 Å². The van der Waals surface area contributed by atoms with Crippen molar-refractivity contribution in [2.75, 3.05) is 6.61 Å². The summed E-state index contributed by atoms with van der Waals surface area (Å²) >= 11 is 0. The Kier molecular flexibility index (Phi) is 2.16. The van der Waals surface area contributed by atoms with E-state index in [4.69, 9.17) is 0 Å². The van der Waals surface area contributed by atoms with E-state index < -0.39 is 0 Å². The number of aliphatic hydroxyl groups excluding tert-OH is 1. The molecule has 0 unspecified atom stereocenters. The van der Waals surface area contributed by atoms with Gasteiger partial charge in [0.05, 0.1) is 0 Å². The summed E-state index contributed by atoms with van der Waals surface area (Å²) in [6.07, 6.45) is 8.13. The molecular formula is C11H20O. The molecule has 0 aromatic carbocycles. The molecule has 70 valence electrons. The van der Waals surface area contributed by atoms with Gasteiger partial charge < -0.3 is 5.11 Å². The minimum Gasteiger partial charge on any atom is -0.396 e. The highest BCUT2D eigenvalue weighted by Crippen LogP contribution is 2.56. The molecule has 0 radical (unpaired) electrons. The maximum atomic E-state index is 9.27. The molecule has 1 N–H and O–H groups in total. The third kappa shape index (κ3) is 1.39. The summed E-state index contributed by atoms with van der Waals surface area (Å²) in [4.78, 5) is 0. The lowest BCUT2D eigenvalue weighted by Gasteiger charge is -2.31. The van der Waals surface area contributed by atoms with E-state index in [9.17, 15) is 5.11 Å². The zero-order chi connectivity index (χ0) is 8.60. The molecule has 0 aromatic rings. The Bertz CT molecular complexity index is 152. The summed E-state index contributed by atoms with van der Waals surface area (Å²) in [6.45, 7) is 2.81. The summed E-state index contributed by atoms with van der Waals surface area (Å²) in [5.74, 6) is 1.80. The molecule has 2 saturated carbocycles. The molecule has 1 nitrogen and oxygen atoms in total. The van der Waals surface area contributed by atoms with Crippen molar-refractivity contribution in [2.45, 2.75) is 45.4 Å². The second-order valence-electron chi connectivity index (χ2n) is 4.98. The highest BCUT2D eigenvalue weighted by atomic mass is 16.3. The predicted molar refractivity (Wildman–Crippen MR) is 49.9 cm³/mol. The molecule has 0 heterocycles. The van der Waals surface area contributed by atoms with E-state index in [0.29, 0.717) is 12.0 Å². The molecule has 0 atom stereocenters. The molecule has 2 rings (SSSR count). The largest absolute Gasteiger partial charge is 0.396 e. The Morgan fingerprint density at radius 3 is 2.17 bits per heavy atom. The molecule has 12 heavy (non-hydrogen) atoms. The molecule has 0 aromatic heterocycles. The van der Waals surface area contributed by atoms with Crippen LogP contribution in [-0.4, -0.2) is 11.7 Å². The van der Waals surface area contributed by atoms with Gasteiger partial charge in [0.1, 0.15) is 0 Å². The van der Waals surface area contributed by atoms with Gasteiger partial charge >= 0.3 is 0 Å². The van der Waals surface area contributed by atoms with Crippen LogP contribution in [0.2, 0.25) is 0 Å². The number of hydrogen-bond donors (Lipinski definition) is 1. The van der Waals surface area contributed by atoms with Crippen LogP contribution < -0.4 is 0 Å². The summed E-state index contributed by atoms with van der Waals surface area (Å²) in [5, 5.41) is 9.27. The summed E-state index contributed by atoms with van der Waals surface area (Å²) in [5.41, 5.74) is 0.403. The maximum absolute atomic E-state index is 9.27. The number of hydrogen-bond acceptors (Lipinski definition) is 1. The van der Waals surface area contributed by atoms with Gasteiger partial charge in [-0.25, -0.2) is 0 Å². The standard InChI is InChI=1S/C11H20O/c1-9-2-4-10(5-3-9)11(8-12)6-7-11/h9-10,12H,2-8H2,1H3. The van der Waals surface area contributed by atoms with Gasteiger partial charge in [0, 0.05) is 6.61 Å². The summed E-state index contributed by atoms with van der Waals surface area (Å²) in [7, 11) is 0. The molecule has 0 spiro atoms. The van der Waals surface area contributed by atoms with Crippen LogP contribution >= 0.6 is 0 Å². The van der Waals surface area contributed by atoms with E-state index >= 15 is 0 Å². The van der Waals surface area contributed by atoms with Crippen LogP contribution in [0.25, 0.3) is 0 Å². The van der Waals surface area contributed by atoms with Gasteiger partial charge in [-0.05, 0) is 42.9 Å². The van der Waals surface area contributed by atoms with Gasteiger partial charge in [-0.2, -0.15) is 0 Å². The van der Waals surface area contributed by atoms with Gasteiger partial charge in [-0.3, -0.25) is 0 Å². The molecule has 0 aliphatic heterocycles. The molecule has 1 heteroatoms. The van der Waals surface area contributed by atoms with E-state index in [1.54, 1.807) is 0 Å². The highest BCUT2D eigenvalue weighted by Gasteiger charge is 2.48. The fourth-order valence-electron chi connectivity index (χ4n) is 2.73. The first-order valence-corrected chi connectivity index (χ1v) is 5.38. The van der Waals surface area contributed by atoms with E-state index in [2.05, 4.69) is 6.92 Å². The molecular weight excluding hydrogens is 148 g/mol. The van der Waals surface area contributed by atoms with E-state index in [1.165, 1.54) is 38.5 Å². The van der Waals surface area contributed by atoms with Gasteiger partial charge in [0.2, 0.25) is 0 Å². The number of rotatable bonds is 2. The lowest BCUT2D eigenvalue weighted by molar-refractivity contribution is 0.116. The monoisotopic (exact) mass is 168 g/mol. The average molecular weight is 168 g/mol. The first-order chi connectivity index (χ1) is 5.77. The second kappa shape index (κ2) is 3.02. The predicted octanol–water partition coefficient (Wildman–Crippen LogP) is 2.59. The van der Waals surface area contributed by atoms with Crippen molar-refractivity contribution >= 4 is 0 Å². The molecule has 0 amide bonds. The number of aliphatic hydroxyl groups is 1. The van der Waals surface area contributed by atoms with Crippen LogP contribution in [0.1, 0.15) is 45.4 Å². The topological polar surface area (TPSA) is 20.2 Å². The Hall–Kier alpha value is -0.0400. The highest BCUT2D eigenvalue weighted by molar-refractivity contribution is 4.98. The summed E-state index contributed by atoms with van der Waals surface area (Å²) < 4.78 is 0. The first-order valence-electron chi connectivity index (χ1n) is 5.38. The van der Waals surface area contributed by atoms with E-state index in [1.807, 2.05) is 0 Å². The maximum Gasteiger partial charge on any atom is 0.0490 e. The van der Waals surface area contributed by atoms with Gasteiger partial charge in [-0.1, -0.05) is 19.8 Å². The quantitative estimate of drug-likeness (QED) is 0.672. The normalized spacial score (nSPS) is 39.5. The minimum atomic E-state index is 0.403. The lowest BCUT2D eigenvalue weighted by atomic mass is 9.75. The third-order valence-corrected chi connectivity index (χ3v) is 4.09. The van der Waals surface area contributed by atoms with Crippen molar-refractivity contribution in [1.29, 1.82) is 0 Å². The fourth-order valence-corrected chi connectivity index (χ4v) is 2.73. The van der Waals surface area contributed by atoms with Crippen LogP contribution in [0.15, 0.2) is 0 Å². The molecule has 2 fully saturated rings. The lowest BCUT2D eigenvalue weighted by Crippen LogP contribution is -2.24. The van der Waals surface area contributed by atoms with Crippen LogP contribution in [0.5, 0.6) is 0 Å². The molecule has 0 bridgehead atoms. The van der Waals surface area contributed by atoms with Crippen LogP contribution in [0.4, 0.5) is 0 Å². The Morgan fingerprint density at radius 2 is 1.75 bits per heavy atom. The smallest absolute Gasteiger partial charge is 0.0490 e. The van der Waals surface area contributed by atoms with Crippen molar-refractivity contribution < 1.29 is 5.11 Å². The zero-order valence-electron chi connectivity index (χ0n) is 8.05. The van der Waals surface area contributed by atoms with Gasteiger partial charge in [0.25, 0.3) is 0 Å². The minimum absolute atomic E-state index is 0.403. The van der Waals surface area contributed by atoms with Crippen molar-refractivity contribution in [1.82, 2.24) is 0 Å². The average Bonchev–Trinajstić information content (AvgIpc) is 2.86. The Morgan fingerprint density at radius 1 is 1.17 bits per heavy atom. The zero-order valence-corrected chi connectivity index (χ0v) is 8.05. The van der Waals surface area contributed by atoms with Crippen LogP contribution in [0, 0.1) is 17.3 Å². The van der Waals surface area contributed by atoms with Crippen molar-refractivity contribution in [2.24, 2.45) is 17.3 Å². The fraction of sp³-hybridized carbons (Fsp3) is 1.00. The molecule has 2 aliphatic rings. The van der Waals surface area contributed by atoms with Crippen molar-refractivity contribution in [3.8, 4) is 0 Å². The first kappa shape index (κ1) is 8.55. The van der Waals surface area contributed by atoms with Gasteiger partial charge in [0.15, 0.2) is 0 Å². The van der Waals surface area contributed by atoms with Crippen molar-refractivity contribution in [3.05, 3.63) is 0 Å². The third-order valence-electron chi connectivity index (χ3n) is 4.09. The van der Waals surface area contributed by atoms with E-state index in [-0.39, 0.29) is 0 Å². The molecule has 0 saturated heterocycles. The Labute approximate surface area is 75.2 Å². The second-order valence-corrected chi connectivity index (χ2v) is 4.98. The summed E-state index contributed by atoms with van der Waals surface area (Å²) in [6, 6.07) is 0. The SMILES string of the molecule is CC1CCC(C2(CO)CC2)CC1. The van der Waals surface area contributed by atoms with E-state index in [0.717, 1.165) is 11.8 Å². The molecule has 2 aliphatic carbocycles. The Balaban J connectivity index is 1.89. The van der Waals surface area contributed by atoms with Crippen molar-refractivity contribution in [3.63, 3.8) is 0 Å².